The molecule has 0 unspecified atom stereocenters. The number of anilines is 3. The molecule has 0 radical (unpaired) electrons. The summed E-state index contributed by atoms with van der Waals surface area (Å²) in [5.74, 6) is 4.06. The lowest BCUT2D eigenvalue weighted by atomic mass is 10.3. The van der Waals surface area contributed by atoms with E-state index in [1.54, 1.807) is 18.4 Å². The number of hydrogen-bond donors (Lipinski definition) is 1. The maximum atomic E-state index is 5.35. The summed E-state index contributed by atoms with van der Waals surface area (Å²) >= 11 is 1.57. The molecule has 0 atom stereocenters. The molecule has 4 heterocycles. The fourth-order valence-corrected chi connectivity index (χ4v) is 4.75. The summed E-state index contributed by atoms with van der Waals surface area (Å²) in [6.07, 6.45) is 0. The van der Waals surface area contributed by atoms with Crippen molar-refractivity contribution in [2.75, 3.05) is 50.6 Å². The molecule has 1 saturated heterocycles. The molecule has 1 aliphatic heterocycles. The number of nitrogens with zero attached hydrogens (tertiary/aromatic N) is 7. The molecule has 0 spiro atoms. The monoisotopic (exact) mass is 450 g/mol. The van der Waals surface area contributed by atoms with Crippen molar-refractivity contribution in [1.29, 1.82) is 0 Å². The van der Waals surface area contributed by atoms with Gasteiger partial charge in [-0.1, -0.05) is 11.3 Å². The van der Waals surface area contributed by atoms with E-state index in [1.165, 1.54) is 0 Å². The van der Waals surface area contributed by atoms with Crippen LogP contribution in [0, 0.1) is 13.8 Å². The van der Waals surface area contributed by atoms with E-state index in [-0.39, 0.29) is 0 Å². The van der Waals surface area contributed by atoms with Gasteiger partial charge in [-0.05, 0) is 39.1 Å². The molecule has 0 aliphatic carbocycles. The van der Waals surface area contributed by atoms with Gasteiger partial charge in [0.1, 0.15) is 29.0 Å². The van der Waals surface area contributed by atoms with Crippen LogP contribution in [0.15, 0.2) is 30.3 Å². The summed E-state index contributed by atoms with van der Waals surface area (Å²) < 4.78 is 8.23. The molecule has 32 heavy (non-hydrogen) atoms. The maximum Gasteiger partial charge on any atom is 0.213 e. The molecular weight excluding hydrogens is 424 g/mol. The zero-order chi connectivity index (χ0) is 22.2. The number of hydrogen-bond acceptors (Lipinski definition) is 9. The van der Waals surface area contributed by atoms with Gasteiger partial charge >= 0.3 is 0 Å². The number of ether oxygens (including phenoxy) is 1. The molecule has 1 N–H and O–H groups in total. The maximum absolute atomic E-state index is 5.35. The molecule has 5 rings (SSSR count). The second-order valence-corrected chi connectivity index (χ2v) is 9.00. The highest BCUT2D eigenvalue weighted by atomic mass is 32.1. The van der Waals surface area contributed by atoms with Crippen LogP contribution < -0.4 is 15.0 Å². The second kappa shape index (κ2) is 8.36. The number of fused-ring (bicyclic) bond motifs is 1. The average Bonchev–Trinajstić information content (AvgIpc) is 3.36. The Morgan fingerprint density at radius 1 is 1.00 bits per heavy atom. The minimum Gasteiger partial charge on any atom is -0.497 e. The summed E-state index contributed by atoms with van der Waals surface area (Å²) in [5, 5.41) is 8.90. The van der Waals surface area contributed by atoms with Crippen molar-refractivity contribution in [3.8, 4) is 10.9 Å². The first-order valence-corrected chi connectivity index (χ1v) is 11.4. The molecule has 0 bridgehead atoms. The quantitative estimate of drug-likeness (QED) is 0.495. The Bertz CT molecular complexity index is 1260. The lowest BCUT2D eigenvalue weighted by molar-refractivity contribution is 0.312. The van der Waals surface area contributed by atoms with E-state index >= 15 is 0 Å². The highest BCUT2D eigenvalue weighted by Crippen LogP contribution is 2.31. The topological polar surface area (TPSA) is 84.2 Å². The van der Waals surface area contributed by atoms with Crippen LogP contribution in [0.25, 0.3) is 15.3 Å². The molecule has 9 nitrogen and oxygen atoms in total. The van der Waals surface area contributed by atoms with Crippen LogP contribution in [0.2, 0.25) is 0 Å². The van der Waals surface area contributed by atoms with E-state index in [0.29, 0.717) is 0 Å². The summed E-state index contributed by atoms with van der Waals surface area (Å²) in [7, 11) is 3.82. The van der Waals surface area contributed by atoms with E-state index in [0.717, 1.165) is 76.2 Å². The van der Waals surface area contributed by atoms with E-state index in [4.69, 9.17) is 9.72 Å². The predicted molar refractivity (Wildman–Crippen MR) is 128 cm³/mol. The van der Waals surface area contributed by atoms with Crippen molar-refractivity contribution in [2.24, 2.45) is 0 Å². The zero-order valence-corrected chi connectivity index (χ0v) is 19.5. The number of likely N-dealkylation sites (N-methyl/N-ethyl adjacent to an activating group) is 1. The lowest BCUT2D eigenvalue weighted by Gasteiger charge is -2.33. The van der Waals surface area contributed by atoms with Crippen molar-refractivity contribution in [3.63, 3.8) is 0 Å². The third-order valence-electron chi connectivity index (χ3n) is 5.50. The molecule has 1 aromatic carbocycles. The van der Waals surface area contributed by atoms with Gasteiger partial charge in [-0.25, -0.2) is 15.0 Å². The number of piperazine rings is 1. The fraction of sp³-hybridized carbons (Fsp3) is 0.364. The number of nitrogens with one attached hydrogen (secondary N) is 1. The molecule has 1 aliphatic rings. The summed E-state index contributed by atoms with van der Waals surface area (Å²) in [4.78, 5) is 18.7. The molecule has 1 fully saturated rings. The van der Waals surface area contributed by atoms with Crippen molar-refractivity contribution >= 4 is 39.0 Å². The van der Waals surface area contributed by atoms with Crippen LogP contribution in [0.4, 0.5) is 17.5 Å². The molecule has 0 amide bonds. The standard InChI is InChI=1S/C22H26N8OS/c1-14-11-21(30(27-14)22-25-17-6-5-16(31-4)12-18(17)32-22)26-19-13-20(24-15(2)23-19)29-9-7-28(3)8-10-29/h5-6,11-13H,7-10H2,1-4H3,(H,23,24,26). The Hall–Kier alpha value is -3.24. The minimum atomic E-state index is 0.735. The summed E-state index contributed by atoms with van der Waals surface area (Å²) in [5.41, 5.74) is 1.81. The number of thiazole rings is 1. The van der Waals surface area contributed by atoms with Crippen LogP contribution in [-0.2, 0) is 0 Å². The van der Waals surface area contributed by atoms with Gasteiger partial charge in [0.2, 0.25) is 5.13 Å². The molecule has 3 aromatic heterocycles. The fourth-order valence-electron chi connectivity index (χ4n) is 3.79. The minimum absolute atomic E-state index is 0.735. The van der Waals surface area contributed by atoms with E-state index in [9.17, 15) is 0 Å². The Morgan fingerprint density at radius 3 is 2.59 bits per heavy atom. The number of aromatic nitrogens is 5. The first-order chi connectivity index (χ1) is 15.5. The van der Waals surface area contributed by atoms with Crippen LogP contribution in [0.3, 0.4) is 0 Å². The van der Waals surface area contributed by atoms with Gasteiger partial charge in [-0.3, -0.25) is 0 Å². The molecule has 0 saturated carbocycles. The van der Waals surface area contributed by atoms with E-state index in [2.05, 4.69) is 37.2 Å². The third-order valence-corrected chi connectivity index (χ3v) is 6.50. The lowest BCUT2D eigenvalue weighted by Crippen LogP contribution is -2.44. The van der Waals surface area contributed by atoms with Gasteiger partial charge in [0.25, 0.3) is 0 Å². The smallest absolute Gasteiger partial charge is 0.213 e. The zero-order valence-electron chi connectivity index (χ0n) is 18.7. The van der Waals surface area contributed by atoms with Crippen molar-refractivity contribution < 1.29 is 4.74 Å². The van der Waals surface area contributed by atoms with Crippen LogP contribution in [0.5, 0.6) is 5.75 Å². The Labute approximate surface area is 190 Å². The van der Waals surface area contributed by atoms with E-state index < -0.39 is 0 Å². The molecular formula is C22H26N8OS. The van der Waals surface area contributed by atoms with Crippen LogP contribution >= 0.6 is 11.3 Å². The Balaban J connectivity index is 1.46. The highest BCUT2D eigenvalue weighted by Gasteiger charge is 2.18. The van der Waals surface area contributed by atoms with Gasteiger partial charge in [0.15, 0.2) is 0 Å². The normalized spacial score (nSPS) is 14.8. The van der Waals surface area contributed by atoms with Crippen molar-refractivity contribution in [1.82, 2.24) is 29.6 Å². The SMILES string of the molecule is COc1ccc2nc(-n3nc(C)cc3Nc3cc(N4CCN(C)CC4)nc(C)n3)sc2c1. The van der Waals surface area contributed by atoms with E-state index in [1.807, 2.05) is 48.9 Å². The Morgan fingerprint density at radius 2 is 1.81 bits per heavy atom. The van der Waals surface area contributed by atoms with Gasteiger partial charge < -0.3 is 19.9 Å². The second-order valence-electron chi connectivity index (χ2n) is 7.99. The Kier molecular flexibility index (Phi) is 5.40. The predicted octanol–water partition coefficient (Wildman–Crippen LogP) is 3.39. The molecule has 166 valence electrons. The highest BCUT2D eigenvalue weighted by molar-refractivity contribution is 7.20. The first kappa shape index (κ1) is 20.7. The van der Waals surface area contributed by atoms with Gasteiger partial charge in [-0.15, -0.1) is 0 Å². The number of benzene rings is 1. The van der Waals surface area contributed by atoms with Gasteiger partial charge in [-0.2, -0.15) is 9.78 Å². The van der Waals surface area contributed by atoms with Crippen LogP contribution in [0.1, 0.15) is 11.5 Å². The third kappa shape index (κ3) is 4.11. The summed E-state index contributed by atoms with van der Waals surface area (Å²) in [6, 6.07) is 9.89. The van der Waals surface area contributed by atoms with Crippen molar-refractivity contribution in [3.05, 3.63) is 41.9 Å². The largest absolute Gasteiger partial charge is 0.497 e. The van der Waals surface area contributed by atoms with Gasteiger partial charge in [0.05, 0.1) is 23.0 Å². The first-order valence-electron chi connectivity index (χ1n) is 10.6. The van der Waals surface area contributed by atoms with Crippen molar-refractivity contribution in [2.45, 2.75) is 13.8 Å². The average molecular weight is 451 g/mol. The van der Waals surface area contributed by atoms with Crippen LogP contribution in [-0.4, -0.2) is 70.0 Å². The number of rotatable bonds is 5. The molecule has 4 aromatic rings. The number of aryl methyl sites for hydroxylation is 2. The summed E-state index contributed by atoms with van der Waals surface area (Å²) in [6.45, 7) is 7.87. The van der Waals surface area contributed by atoms with Gasteiger partial charge in [0, 0.05) is 38.3 Å². The molecule has 10 heteroatoms. The number of methoxy groups -OCH3 is 1.